The third kappa shape index (κ3) is 6.60. The summed E-state index contributed by atoms with van der Waals surface area (Å²) in [5.41, 5.74) is -2.33. The number of hydrogen-bond acceptors (Lipinski definition) is 5. The van der Waals surface area contributed by atoms with Gasteiger partial charge in [0, 0.05) is 12.5 Å². The average molecular weight is 356 g/mol. The van der Waals surface area contributed by atoms with E-state index in [0.717, 1.165) is 32.1 Å². The molecular formula is C11H22N2O7P2. The van der Waals surface area contributed by atoms with E-state index in [1.807, 2.05) is 0 Å². The first-order valence-electron chi connectivity index (χ1n) is 6.97. The van der Waals surface area contributed by atoms with E-state index < -0.39 is 20.7 Å². The van der Waals surface area contributed by atoms with Crippen molar-refractivity contribution < 1.29 is 33.2 Å². The number of aryl methyl sites for hydroxylation is 1. The van der Waals surface area contributed by atoms with Crippen molar-refractivity contribution in [3.8, 4) is 0 Å². The predicted molar refractivity (Wildman–Crippen MR) is 80.5 cm³/mol. The summed E-state index contributed by atoms with van der Waals surface area (Å²) in [5.74, 6) is 0.384. The molecule has 0 saturated heterocycles. The van der Waals surface area contributed by atoms with Crippen LogP contribution in [0.25, 0.3) is 0 Å². The van der Waals surface area contributed by atoms with Crippen molar-refractivity contribution in [3.63, 3.8) is 0 Å². The maximum absolute atomic E-state index is 11.1. The van der Waals surface area contributed by atoms with Gasteiger partial charge in [-0.05, 0) is 6.42 Å². The molecule has 9 nitrogen and oxygen atoms in total. The summed E-state index contributed by atoms with van der Waals surface area (Å²) in [6, 6.07) is 1.39. The van der Waals surface area contributed by atoms with Crippen molar-refractivity contribution >= 4 is 21.0 Å². The van der Waals surface area contributed by atoms with Gasteiger partial charge in [0.15, 0.2) is 5.82 Å². The lowest BCUT2D eigenvalue weighted by atomic mass is 10.1. The van der Waals surface area contributed by atoms with Gasteiger partial charge in [0.2, 0.25) is 5.52 Å². The van der Waals surface area contributed by atoms with Crippen LogP contribution < -0.4 is 5.32 Å². The first-order valence-corrected chi connectivity index (χ1v) is 10.3. The molecule has 0 bridgehead atoms. The number of rotatable bonds is 10. The molecule has 0 fully saturated rings. The van der Waals surface area contributed by atoms with Gasteiger partial charge in [-0.25, -0.2) is 0 Å². The number of hydrogen-bond donors (Lipinski definition) is 5. The van der Waals surface area contributed by atoms with Gasteiger partial charge in [0.25, 0.3) is 0 Å². The Bertz CT molecular complexity index is 528. The fourth-order valence-electron chi connectivity index (χ4n) is 1.90. The second kappa shape index (κ2) is 8.24. The molecule has 128 valence electrons. The Morgan fingerprint density at radius 2 is 1.73 bits per heavy atom. The molecule has 0 saturated carbocycles. The van der Waals surface area contributed by atoms with E-state index in [4.69, 9.17) is 24.1 Å². The Kier molecular flexibility index (Phi) is 7.25. The number of nitrogens with one attached hydrogen (secondary N) is 1. The predicted octanol–water partition coefficient (Wildman–Crippen LogP) is 2.24. The smallest absolute Gasteiger partial charge is 0.359 e. The Morgan fingerprint density at radius 3 is 2.27 bits per heavy atom. The molecule has 5 N–H and O–H groups in total. The monoisotopic (exact) mass is 356 g/mol. The second-order valence-corrected chi connectivity index (χ2v) is 8.84. The second-order valence-electron chi connectivity index (χ2n) is 5.04. The molecule has 0 spiro atoms. The van der Waals surface area contributed by atoms with Crippen LogP contribution in [0.2, 0.25) is 0 Å². The normalized spacial score (nSPS) is 12.8. The molecule has 0 aliphatic rings. The Hall–Kier alpha value is -0.690. The van der Waals surface area contributed by atoms with Crippen molar-refractivity contribution in [2.45, 2.75) is 51.0 Å². The van der Waals surface area contributed by atoms with Crippen LogP contribution in [0.4, 0.5) is 5.82 Å². The van der Waals surface area contributed by atoms with Gasteiger partial charge in [-0.2, -0.15) is 0 Å². The van der Waals surface area contributed by atoms with Gasteiger partial charge in [0.05, 0.1) is 0 Å². The Morgan fingerprint density at radius 1 is 1.14 bits per heavy atom. The average Bonchev–Trinajstić information content (AvgIpc) is 2.81. The van der Waals surface area contributed by atoms with Gasteiger partial charge in [-0.3, -0.25) is 9.13 Å². The zero-order valence-electron chi connectivity index (χ0n) is 12.3. The van der Waals surface area contributed by atoms with Gasteiger partial charge in [-0.15, -0.1) is 0 Å². The summed E-state index contributed by atoms with van der Waals surface area (Å²) in [6.07, 6.45) is 5.95. The molecule has 0 radical (unpaired) electrons. The standard InChI is InChI=1S/C11H22N2O7P2/c1-2-3-4-5-6-7-9-8-10(13-20-9)12-11(21(14,15)16)22(17,18)19/h8,11H,2-7H2,1H3,(H,12,13)(H2,14,15,16)(H2,17,18,19). The van der Waals surface area contributed by atoms with Crippen LogP contribution in [0.1, 0.15) is 44.8 Å². The van der Waals surface area contributed by atoms with Crippen LogP contribution in [-0.4, -0.2) is 30.3 Å². The summed E-state index contributed by atoms with van der Waals surface area (Å²) in [4.78, 5) is 36.0. The van der Waals surface area contributed by atoms with Gasteiger partial charge >= 0.3 is 15.2 Å². The molecule has 0 amide bonds. The molecular weight excluding hydrogens is 334 g/mol. The molecule has 22 heavy (non-hydrogen) atoms. The van der Waals surface area contributed by atoms with Crippen LogP contribution in [0.15, 0.2) is 10.6 Å². The Balaban J connectivity index is 2.60. The van der Waals surface area contributed by atoms with Crippen molar-refractivity contribution in [1.82, 2.24) is 5.16 Å². The first-order chi connectivity index (χ1) is 10.1. The first kappa shape index (κ1) is 19.4. The van der Waals surface area contributed by atoms with E-state index in [1.54, 1.807) is 0 Å². The number of nitrogens with zero attached hydrogens (tertiary/aromatic N) is 1. The van der Waals surface area contributed by atoms with E-state index in [-0.39, 0.29) is 5.82 Å². The van der Waals surface area contributed by atoms with E-state index in [2.05, 4.69) is 17.4 Å². The highest BCUT2D eigenvalue weighted by Crippen LogP contribution is 2.59. The van der Waals surface area contributed by atoms with Gasteiger partial charge < -0.3 is 29.4 Å². The van der Waals surface area contributed by atoms with E-state index in [1.165, 1.54) is 6.07 Å². The lowest BCUT2D eigenvalue weighted by molar-refractivity contribution is 0.342. The molecule has 11 heteroatoms. The molecule has 0 unspecified atom stereocenters. The summed E-state index contributed by atoms with van der Waals surface area (Å²) < 4.78 is 27.3. The van der Waals surface area contributed by atoms with Gasteiger partial charge in [0.1, 0.15) is 5.76 Å². The summed E-state index contributed by atoms with van der Waals surface area (Å²) in [5, 5.41) is 5.58. The topological polar surface area (TPSA) is 153 Å². The van der Waals surface area contributed by atoms with Crippen molar-refractivity contribution in [2.75, 3.05) is 5.32 Å². The maximum Gasteiger partial charge on any atom is 0.360 e. The molecule has 0 aromatic carbocycles. The third-order valence-corrected chi connectivity index (χ3v) is 6.34. The summed E-state index contributed by atoms with van der Waals surface area (Å²) >= 11 is 0. The minimum Gasteiger partial charge on any atom is -0.359 e. The molecule has 1 rings (SSSR count). The minimum absolute atomic E-state index is 0.111. The van der Waals surface area contributed by atoms with E-state index >= 15 is 0 Å². The lowest BCUT2D eigenvalue weighted by Gasteiger charge is -2.19. The highest BCUT2D eigenvalue weighted by atomic mass is 31.2. The SMILES string of the molecule is CCCCCCCc1cc(NC(P(=O)(O)O)P(=O)(O)O)no1. The number of anilines is 1. The molecule has 1 heterocycles. The van der Waals surface area contributed by atoms with Crippen molar-refractivity contribution in [1.29, 1.82) is 0 Å². The maximum atomic E-state index is 11.1. The zero-order chi connectivity index (χ0) is 16.8. The highest BCUT2D eigenvalue weighted by Gasteiger charge is 2.44. The van der Waals surface area contributed by atoms with Crippen LogP contribution in [0.5, 0.6) is 0 Å². The molecule has 0 aliphatic carbocycles. The third-order valence-electron chi connectivity index (χ3n) is 3.00. The zero-order valence-corrected chi connectivity index (χ0v) is 14.0. The summed E-state index contributed by atoms with van der Waals surface area (Å²) in [7, 11) is -10.1. The van der Waals surface area contributed by atoms with Crippen LogP contribution >= 0.6 is 15.2 Å². The van der Waals surface area contributed by atoms with E-state index in [9.17, 15) is 9.13 Å². The Labute approximate surface area is 128 Å². The van der Waals surface area contributed by atoms with Crippen molar-refractivity contribution in [2.24, 2.45) is 0 Å². The van der Waals surface area contributed by atoms with Crippen LogP contribution in [0, 0.1) is 0 Å². The van der Waals surface area contributed by atoms with Gasteiger partial charge in [-0.1, -0.05) is 37.8 Å². The molecule has 0 aliphatic heterocycles. The summed E-state index contributed by atoms with van der Waals surface area (Å²) in [6.45, 7) is 2.12. The number of unbranched alkanes of at least 4 members (excludes halogenated alkanes) is 4. The molecule has 0 atom stereocenters. The van der Waals surface area contributed by atoms with Crippen LogP contribution in [-0.2, 0) is 15.6 Å². The fourth-order valence-corrected chi connectivity index (χ4v) is 4.07. The minimum atomic E-state index is -5.04. The molecule has 1 aromatic heterocycles. The largest absolute Gasteiger partial charge is 0.360 e. The van der Waals surface area contributed by atoms with E-state index in [0.29, 0.717) is 12.2 Å². The van der Waals surface area contributed by atoms with Crippen molar-refractivity contribution in [3.05, 3.63) is 11.8 Å². The number of aromatic nitrogens is 1. The fraction of sp³-hybridized carbons (Fsp3) is 0.727. The van der Waals surface area contributed by atoms with Crippen LogP contribution in [0.3, 0.4) is 0 Å². The lowest BCUT2D eigenvalue weighted by Crippen LogP contribution is -2.20. The quantitative estimate of drug-likeness (QED) is 0.314. The molecule has 1 aromatic rings. The highest BCUT2D eigenvalue weighted by molar-refractivity contribution is 7.71.